The maximum absolute atomic E-state index is 11.1. The number of nitrogens with zero attached hydrogens (tertiary/aromatic N) is 1. The molecule has 0 radical (unpaired) electrons. The summed E-state index contributed by atoms with van der Waals surface area (Å²) >= 11 is 5.88. The molecule has 4 nitrogen and oxygen atoms in total. The first kappa shape index (κ1) is 8.59. The summed E-state index contributed by atoms with van der Waals surface area (Å²) in [5.74, 6) is -0.456. The van der Waals surface area contributed by atoms with Crippen molar-refractivity contribution in [2.24, 2.45) is 5.73 Å². The number of rotatable bonds is 1. The minimum atomic E-state index is -0.456. The van der Waals surface area contributed by atoms with Crippen molar-refractivity contribution in [3.63, 3.8) is 0 Å². The molecule has 2 heterocycles. The number of carbonyl (C=O) groups is 1. The average Bonchev–Trinajstić information content (AvgIpc) is 2.39. The van der Waals surface area contributed by atoms with E-state index in [0.29, 0.717) is 17.1 Å². The van der Waals surface area contributed by atoms with Crippen molar-refractivity contribution in [1.82, 2.24) is 9.88 Å². The maximum Gasteiger partial charge on any atom is 0.252 e. The molecule has 3 N–H and O–H groups in total. The molecule has 1 aromatic rings. The SMILES string of the molecule is NC(=O)c1c(Cl)cn2c1CNCC2. The first-order valence-corrected chi connectivity index (χ1v) is 4.46. The second-order valence-electron chi connectivity index (χ2n) is 3.03. The van der Waals surface area contributed by atoms with Crippen LogP contribution >= 0.6 is 11.6 Å². The van der Waals surface area contributed by atoms with Crippen molar-refractivity contribution in [2.75, 3.05) is 6.54 Å². The zero-order chi connectivity index (χ0) is 9.42. The number of nitrogens with one attached hydrogen (secondary N) is 1. The van der Waals surface area contributed by atoms with E-state index < -0.39 is 5.91 Å². The molecule has 0 saturated carbocycles. The lowest BCUT2D eigenvalue weighted by Crippen LogP contribution is -2.29. The number of carbonyl (C=O) groups excluding carboxylic acids is 1. The Labute approximate surface area is 80.7 Å². The standard InChI is InChI=1S/C8H10ClN3O/c9-5-4-12-2-1-11-3-6(12)7(5)8(10)13/h4,11H,1-3H2,(H2,10,13). The molecule has 0 spiro atoms. The first-order chi connectivity index (χ1) is 6.20. The summed E-state index contributed by atoms with van der Waals surface area (Å²) in [5, 5.41) is 3.61. The fourth-order valence-corrected chi connectivity index (χ4v) is 1.94. The van der Waals surface area contributed by atoms with Crippen LogP contribution in [0.4, 0.5) is 0 Å². The van der Waals surface area contributed by atoms with Crippen LogP contribution in [-0.4, -0.2) is 17.0 Å². The average molecular weight is 200 g/mol. The molecule has 0 bridgehead atoms. The number of aromatic nitrogens is 1. The molecular formula is C8H10ClN3O. The van der Waals surface area contributed by atoms with Crippen LogP contribution in [0.3, 0.4) is 0 Å². The van der Waals surface area contributed by atoms with Gasteiger partial charge in [-0.3, -0.25) is 4.79 Å². The third-order valence-electron chi connectivity index (χ3n) is 2.21. The quantitative estimate of drug-likeness (QED) is 0.686. The minimum Gasteiger partial charge on any atom is -0.365 e. The van der Waals surface area contributed by atoms with Gasteiger partial charge in [-0.05, 0) is 0 Å². The molecule has 1 aromatic heterocycles. The summed E-state index contributed by atoms with van der Waals surface area (Å²) in [6.45, 7) is 2.39. The zero-order valence-corrected chi connectivity index (χ0v) is 7.77. The number of amides is 1. The molecule has 0 atom stereocenters. The molecule has 5 heteroatoms. The first-order valence-electron chi connectivity index (χ1n) is 4.08. The third kappa shape index (κ3) is 1.32. The van der Waals surface area contributed by atoms with Gasteiger partial charge in [0.25, 0.3) is 5.91 Å². The number of hydrogen-bond acceptors (Lipinski definition) is 2. The molecule has 2 rings (SSSR count). The maximum atomic E-state index is 11.1. The molecule has 1 aliphatic heterocycles. The highest BCUT2D eigenvalue weighted by atomic mass is 35.5. The van der Waals surface area contributed by atoms with Crippen LogP contribution in [0.1, 0.15) is 16.1 Å². The molecule has 1 amide bonds. The highest BCUT2D eigenvalue weighted by molar-refractivity contribution is 6.34. The van der Waals surface area contributed by atoms with Crippen LogP contribution in [0.2, 0.25) is 5.02 Å². The van der Waals surface area contributed by atoms with Crippen molar-refractivity contribution < 1.29 is 4.79 Å². The fourth-order valence-electron chi connectivity index (χ4n) is 1.62. The lowest BCUT2D eigenvalue weighted by atomic mass is 10.2. The van der Waals surface area contributed by atoms with Gasteiger partial charge in [-0.1, -0.05) is 11.6 Å². The topological polar surface area (TPSA) is 60.1 Å². The van der Waals surface area contributed by atoms with E-state index in [0.717, 1.165) is 18.8 Å². The Kier molecular flexibility index (Phi) is 2.01. The fraction of sp³-hybridized carbons (Fsp3) is 0.375. The van der Waals surface area contributed by atoms with Crippen molar-refractivity contribution >= 4 is 17.5 Å². The monoisotopic (exact) mass is 199 g/mol. The molecule has 1 aliphatic rings. The van der Waals surface area contributed by atoms with Gasteiger partial charge in [0, 0.05) is 31.5 Å². The predicted molar refractivity (Wildman–Crippen MR) is 49.7 cm³/mol. The summed E-state index contributed by atoms with van der Waals surface area (Å²) in [6, 6.07) is 0. The highest BCUT2D eigenvalue weighted by Crippen LogP contribution is 2.23. The van der Waals surface area contributed by atoms with Crippen LogP contribution in [0, 0.1) is 0 Å². The van der Waals surface area contributed by atoms with E-state index in [2.05, 4.69) is 5.32 Å². The van der Waals surface area contributed by atoms with E-state index in [1.165, 1.54) is 0 Å². The van der Waals surface area contributed by atoms with E-state index in [4.69, 9.17) is 17.3 Å². The number of fused-ring (bicyclic) bond motifs is 1. The molecule has 70 valence electrons. The van der Waals surface area contributed by atoms with Crippen LogP contribution in [0.15, 0.2) is 6.20 Å². The normalized spacial score (nSPS) is 15.5. The Morgan fingerprint density at radius 1 is 1.69 bits per heavy atom. The van der Waals surface area contributed by atoms with E-state index in [1.54, 1.807) is 6.20 Å². The Bertz CT molecular complexity index is 359. The second kappa shape index (κ2) is 3.05. The second-order valence-corrected chi connectivity index (χ2v) is 3.44. The molecule has 13 heavy (non-hydrogen) atoms. The van der Waals surface area contributed by atoms with E-state index in [-0.39, 0.29) is 0 Å². The number of hydrogen-bond donors (Lipinski definition) is 2. The molecular weight excluding hydrogens is 190 g/mol. The number of primary amides is 1. The van der Waals surface area contributed by atoms with Crippen LogP contribution in [0.25, 0.3) is 0 Å². The Balaban J connectivity index is 2.54. The zero-order valence-electron chi connectivity index (χ0n) is 7.01. The number of nitrogens with two attached hydrogens (primary N) is 1. The van der Waals surface area contributed by atoms with E-state index in [1.807, 2.05) is 4.57 Å². The van der Waals surface area contributed by atoms with Crippen molar-refractivity contribution in [3.05, 3.63) is 22.5 Å². The summed E-state index contributed by atoms with van der Waals surface area (Å²) in [5.41, 5.74) is 6.56. The molecule has 0 saturated heterocycles. The smallest absolute Gasteiger partial charge is 0.252 e. The molecule has 0 fully saturated rings. The van der Waals surface area contributed by atoms with Crippen LogP contribution in [-0.2, 0) is 13.1 Å². The van der Waals surface area contributed by atoms with Gasteiger partial charge in [0.15, 0.2) is 0 Å². The van der Waals surface area contributed by atoms with Gasteiger partial charge >= 0.3 is 0 Å². The molecule has 0 unspecified atom stereocenters. The van der Waals surface area contributed by atoms with Gasteiger partial charge in [0.05, 0.1) is 10.6 Å². The largest absolute Gasteiger partial charge is 0.365 e. The van der Waals surface area contributed by atoms with Crippen molar-refractivity contribution in [1.29, 1.82) is 0 Å². The van der Waals surface area contributed by atoms with Gasteiger partial charge in [-0.15, -0.1) is 0 Å². The van der Waals surface area contributed by atoms with Crippen LogP contribution in [0.5, 0.6) is 0 Å². The Morgan fingerprint density at radius 3 is 3.15 bits per heavy atom. The minimum absolute atomic E-state index is 0.450. The van der Waals surface area contributed by atoms with E-state index in [9.17, 15) is 4.79 Å². The summed E-state index contributed by atoms with van der Waals surface area (Å²) in [4.78, 5) is 11.1. The van der Waals surface area contributed by atoms with Gasteiger partial charge < -0.3 is 15.6 Å². The highest BCUT2D eigenvalue weighted by Gasteiger charge is 2.20. The number of halogens is 1. The van der Waals surface area contributed by atoms with Gasteiger partial charge in [-0.2, -0.15) is 0 Å². The van der Waals surface area contributed by atoms with Crippen molar-refractivity contribution in [3.8, 4) is 0 Å². The summed E-state index contributed by atoms with van der Waals surface area (Å²) in [6.07, 6.45) is 1.76. The summed E-state index contributed by atoms with van der Waals surface area (Å²) < 4.78 is 1.97. The third-order valence-corrected chi connectivity index (χ3v) is 2.50. The van der Waals surface area contributed by atoms with Crippen molar-refractivity contribution in [2.45, 2.75) is 13.1 Å². The lowest BCUT2D eigenvalue weighted by molar-refractivity contribution is 0.0999. The van der Waals surface area contributed by atoms with Gasteiger partial charge in [0.1, 0.15) is 0 Å². The molecule has 0 aromatic carbocycles. The Hall–Kier alpha value is -1.00. The van der Waals surface area contributed by atoms with Gasteiger partial charge in [0.2, 0.25) is 0 Å². The molecule has 0 aliphatic carbocycles. The summed E-state index contributed by atoms with van der Waals surface area (Å²) in [7, 11) is 0. The Morgan fingerprint density at radius 2 is 2.46 bits per heavy atom. The predicted octanol–water partition coefficient (Wildman–Crippen LogP) is 0.344. The van der Waals surface area contributed by atoms with Gasteiger partial charge in [-0.25, -0.2) is 0 Å². The van der Waals surface area contributed by atoms with Crippen LogP contribution < -0.4 is 11.1 Å². The van der Waals surface area contributed by atoms with E-state index >= 15 is 0 Å². The lowest BCUT2D eigenvalue weighted by Gasteiger charge is -2.16.